The van der Waals surface area contributed by atoms with Crippen LogP contribution >= 0.6 is 0 Å². The first-order valence-electron chi connectivity index (χ1n) is 10.6. The monoisotopic (exact) mass is 474 g/mol. The summed E-state index contributed by atoms with van der Waals surface area (Å²) in [4.78, 5) is 4.93. The molecule has 0 atom stereocenters. The number of pyridine rings is 1. The van der Waals surface area contributed by atoms with Gasteiger partial charge in [-0.2, -0.15) is 0 Å². The van der Waals surface area contributed by atoms with Crippen LogP contribution in [0, 0.1) is 6.92 Å². The highest BCUT2D eigenvalue weighted by atomic mass is 32.2. The Morgan fingerprint density at radius 3 is 2.39 bits per heavy atom. The normalized spacial score (nSPS) is 13.3. The lowest BCUT2D eigenvalue weighted by molar-refractivity contribution is 0.0742. The van der Waals surface area contributed by atoms with Gasteiger partial charge in [0.05, 0.1) is 28.2 Å². The number of aromatic nitrogens is 2. The van der Waals surface area contributed by atoms with Crippen LogP contribution in [0.1, 0.15) is 36.4 Å². The molecule has 0 fully saturated rings. The van der Waals surface area contributed by atoms with Crippen molar-refractivity contribution in [1.82, 2.24) is 13.9 Å². The molecular formula is C24H31FN4O3S. The Morgan fingerprint density at radius 1 is 1.21 bits per heavy atom. The number of benzene rings is 1. The van der Waals surface area contributed by atoms with Gasteiger partial charge >= 0.3 is 0 Å². The van der Waals surface area contributed by atoms with E-state index >= 15 is 0 Å². The van der Waals surface area contributed by atoms with E-state index in [0.29, 0.717) is 17.6 Å². The molecule has 0 unspecified atom stereocenters. The van der Waals surface area contributed by atoms with E-state index in [-0.39, 0.29) is 23.8 Å². The van der Waals surface area contributed by atoms with E-state index in [1.807, 2.05) is 17.6 Å². The zero-order valence-corrected chi connectivity index (χ0v) is 20.4. The maximum atomic E-state index is 14.4. The van der Waals surface area contributed by atoms with Crippen molar-refractivity contribution in [2.75, 3.05) is 20.6 Å². The standard InChI is InChI=1S/C24H31FN4O3S/c1-16-20(14-17-6-8-19(9-7-17)33(31,32)28(4)5)23-21(29(16)15-18(25)12-13-26)10-11-22(27-23)24(2,3)30/h6-12,30H,13-15,26H2,1-5H3. The molecule has 0 saturated carbocycles. The van der Waals surface area contributed by atoms with Gasteiger partial charge in [-0.1, -0.05) is 12.1 Å². The van der Waals surface area contributed by atoms with Crippen LogP contribution in [0.2, 0.25) is 0 Å². The molecule has 3 N–H and O–H groups in total. The molecule has 3 rings (SSSR count). The van der Waals surface area contributed by atoms with Gasteiger partial charge in [0.15, 0.2) is 0 Å². The summed E-state index contributed by atoms with van der Waals surface area (Å²) >= 11 is 0. The number of hydrogen-bond acceptors (Lipinski definition) is 5. The SMILES string of the molecule is Cc1c(Cc2ccc(S(=O)(=O)N(C)C)cc2)c2nc(C(C)(C)O)ccc2n1CC(F)=CCN. The van der Waals surface area contributed by atoms with Crippen molar-refractivity contribution >= 4 is 21.1 Å². The van der Waals surface area contributed by atoms with Gasteiger partial charge in [0.1, 0.15) is 11.4 Å². The third-order valence-corrected chi connectivity index (χ3v) is 7.48. The average Bonchev–Trinajstić information content (AvgIpc) is 2.99. The smallest absolute Gasteiger partial charge is 0.242 e. The van der Waals surface area contributed by atoms with Crippen molar-refractivity contribution in [3.05, 3.63) is 70.8 Å². The molecule has 178 valence electrons. The fraction of sp³-hybridized carbons (Fsp3) is 0.375. The Hall–Kier alpha value is -2.59. The topological polar surface area (TPSA) is 101 Å². The van der Waals surface area contributed by atoms with E-state index in [1.165, 1.54) is 24.5 Å². The second-order valence-corrected chi connectivity index (χ2v) is 10.9. The second kappa shape index (κ2) is 9.34. The largest absolute Gasteiger partial charge is 0.384 e. The predicted molar refractivity (Wildman–Crippen MR) is 128 cm³/mol. The Labute approximate surface area is 194 Å². The molecule has 0 aliphatic carbocycles. The van der Waals surface area contributed by atoms with E-state index in [0.717, 1.165) is 22.3 Å². The lowest BCUT2D eigenvalue weighted by Gasteiger charge is -2.16. The lowest BCUT2D eigenvalue weighted by Crippen LogP contribution is -2.22. The van der Waals surface area contributed by atoms with E-state index in [4.69, 9.17) is 10.7 Å². The molecule has 0 amide bonds. The number of nitrogens with zero attached hydrogens (tertiary/aromatic N) is 3. The summed E-state index contributed by atoms with van der Waals surface area (Å²) < 4.78 is 42.1. The first kappa shape index (κ1) is 25.0. The number of sulfonamides is 1. The van der Waals surface area contributed by atoms with Gasteiger partial charge in [0, 0.05) is 38.3 Å². The molecule has 0 radical (unpaired) electrons. The fourth-order valence-electron chi connectivity index (χ4n) is 3.70. The van der Waals surface area contributed by atoms with Gasteiger partial charge in [-0.3, -0.25) is 0 Å². The van der Waals surface area contributed by atoms with Gasteiger partial charge in [-0.25, -0.2) is 22.1 Å². The molecule has 0 spiro atoms. The van der Waals surface area contributed by atoms with Crippen LogP contribution in [0.3, 0.4) is 0 Å². The Kier molecular flexibility index (Phi) is 7.09. The molecule has 0 bridgehead atoms. The third-order valence-electron chi connectivity index (χ3n) is 5.65. The zero-order chi connectivity index (χ0) is 24.6. The number of aliphatic hydroxyl groups is 1. The van der Waals surface area contributed by atoms with Crippen LogP contribution in [0.15, 0.2) is 53.2 Å². The van der Waals surface area contributed by atoms with E-state index in [1.54, 1.807) is 44.2 Å². The molecule has 2 aromatic heterocycles. The molecule has 9 heteroatoms. The van der Waals surface area contributed by atoms with Gasteiger partial charge < -0.3 is 15.4 Å². The predicted octanol–water partition coefficient (Wildman–Crippen LogP) is 3.23. The number of allylic oxidation sites excluding steroid dienone is 1. The summed E-state index contributed by atoms with van der Waals surface area (Å²) in [5.74, 6) is -0.339. The number of nitrogens with two attached hydrogens (primary N) is 1. The maximum absolute atomic E-state index is 14.4. The number of fused-ring (bicyclic) bond motifs is 1. The highest BCUT2D eigenvalue weighted by molar-refractivity contribution is 7.89. The summed E-state index contributed by atoms with van der Waals surface area (Å²) in [5.41, 5.74) is 8.90. The first-order valence-corrected chi connectivity index (χ1v) is 12.1. The van der Waals surface area contributed by atoms with Crippen molar-refractivity contribution in [2.24, 2.45) is 5.73 Å². The summed E-state index contributed by atoms with van der Waals surface area (Å²) in [7, 11) is -0.532. The lowest BCUT2D eigenvalue weighted by atomic mass is 10.0. The third kappa shape index (κ3) is 5.16. The van der Waals surface area contributed by atoms with Crippen molar-refractivity contribution in [2.45, 2.75) is 44.2 Å². The number of halogens is 1. The summed E-state index contributed by atoms with van der Waals surface area (Å²) in [6.45, 7) is 5.38. The van der Waals surface area contributed by atoms with Crippen molar-refractivity contribution in [3.63, 3.8) is 0 Å². The molecule has 7 nitrogen and oxygen atoms in total. The Bertz CT molecular complexity index is 1290. The maximum Gasteiger partial charge on any atom is 0.242 e. The summed E-state index contributed by atoms with van der Waals surface area (Å²) in [5, 5.41) is 10.5. The number of hydrogen-bond donors (Lipinski definition) is 2. The highest BCUT2D eigenvalue weighted by Crippen LogP contribution is 2.30. The van der Waals surface area contributed by atoms with Crippen molar-refractivity contribution < 1.29 is 17.9 Å². The van der Waals surface area contributed by atoms with Crippen LogP contribution in [0.25, 0.3) is 11.0 Å². The summed E-state index contributed by atoms with van der Waals surface area (Å²) in [6.07, 6.45) is 1.82. The van der Waals surface area contributed by atoms with E-state index in [9.17, 15) is 17.9 Å². The second-order valence-electron chi connectivity index (χ2n) is 8.77. The minimum absolute atomic E-state index is 0.0308. The van der Waals surface area contributed by atoms with Crippen molar-refractivity contribution in [3.8, 4) is 0 Å². The van der Waals surface area contributed by atoms with Crippen LogP contribution in [-0.2, 0) is 28.6 Å². The average molecular weight is 475 g/mol. The first-order chi connectivity index (χ1) is 15.4. The van der Waals surface area contributed by atoms with Gasteiger partial charge in [-0.15, -0.1) is 0 Å². The van der Waals surface area contributed by atoms with Crippen LogP contribution < -0.4 is 5.73 Å². The Morgan fingerprint density at radius 2 is 1.85 bits per heavy atom. The van der Waals surface area contributed by atoms with E-state index in [2.05, 4.69) is 0 Å². The zero-order valence-electron chi connectivity index (χ0n) is 19.6. The minimum Gasteiger partial charge on any atom is -0.384 e. The minimum atomic E-state index is -3.52. The fourth-order valence-corrected chi connectivity index (χ4v) is 4.60. The van der Waals surface area contributed by atoms with Gasteiger partial charge in [0.2, 0.25) is 10.0 Å². The molecule has 33 heavy (non-hydrogen) atoms. The quantitative estimate of drug-likeness (QED) is 0.522. The molecule has 0 saturated heterocycles. The Balaban J connectivity index is 2.11. The van der Waals surface area contributed by atoms with Crippen LogP contribution in [-0.4, -0.2) is 48.0 Å². The van der Waals surface area contributed by atoms with Gasteiger partial charge in [0.25, 0.3) is 0 Å². The molecule has 3 aromatic rings. The molecule has 0 aliphatic rings. The van der Waals surface area contributed by atoms with E-state index < -0.39 is 15.6 Å². The number of rotatable bonds is 8. The van der Waals surface area contributed by atoms with Gasteiger partial charge in [-0.05, 0) is 56.7 Å². The molecule has 2 heterocycles. The molecule has 1 aromatic carbocycles. The summed E-state index contributed by atoms with van der Waals surface area (Å²) in [6, 6.07) is 10.3. The van der Waals surface area contributed by atoms with Crippen molar-refractivity contribution in [1.29, 1.82) is 0 Å². The molecular weight excluding hydrogens is 443 g/mol. The van der Waals surface area contributed by atoms with Crippen LogP contribution in [0.4, 0.5) is 4.39 Å². The molecule has 0 aliphatic heterocycles. The van der Waals surface area contributed by atoms with Crippen LogP contribution in [0.5, 0.6) is 0 Å². The highest BCUT2D eigenvalue weighted by Gasteiger charge is 2.23.